The number of carbonyl (C=O) groups is 2. The van der Waals surface area contributed by atoms with Crippen molar-refractivity contribution in [1.82, 2.24) is 9.21 Å². The van der Waals surface area contributed by atoms with Crippen molar-refractivity contribution in [2.45, 2.75) is 43.5 Å². The Labute approximate surface area is 160 Å². The van der Waals surface area contributed by atoms with Crippen LogP contribution in [-0.4, -0.2) is 61.8 Å². The van der Waals surface area contributed by atoms with Gasteiger partial charge in [0.1, 0.15) is 6.04 Å². The molecule has 0 aliphatic carbocycles. The number of hydrogen-bond donors (Lipinski definition) is 0. The number of nitrogens with zero attached hydrogens (tertiary/aromatic N) is 2. The van der Waals surface area contributed by atoms with Gasteiger partial charge in [-0.05, 0) is 44.7 Å². The Kier molecular flexibility index (Phi) is 6.16. The Bertz CT molecular complexity index is 773. The fraction of sp³-hybridized carbons (Fsp3) is 0.579. The molecule has 8 heteroatoms. The van der Waals surface area contributed by atoms with E-state index in [-0.39, 0.29) is 22.7 Å². The first kappa shape index (κ1) is 19.8. The lowest BCUT2D eigenvalue weighted by Gasteiger charge is -2.34. The molecule has 2 saturated heterocycles. The van der Waals surface area contributed by atoms with E-state index in [4.69, 9.17) is 4.74 Å². The quantitative estimate of drug-likeness (QED) is 0.709. The number of likely N-dealkylation sites (tertiary alicyclic amines) is 1. The van der Waals surface area contributed by atoms with Crippen molar-refractivity contribution in [3.63, 3.8) is 0 Å². The zero-order valence-corrected chi connectivity index (χ0v) is 16.4. The number of sulfonamides is 1. The van der Waals surface area contributed by atoms with Crippen molar-refractivity contribution in [1.29, 1.82) is 0 Å². The summed E-state index contributed by atoms with van der Waals surface area (Å²) in [7, 11) is -3.69. The topological polar surface area (TPSA) is 84.0 Å². The summed E-state index contributed by atoms with van der Waals surface area (Å²) in [6.07, 6.45) is 2.32. The van der Waals surface area contributed by atoms with Crippen LogP contribution < -0.4 is 0 Å². The molecule has 0 spiro atoms. The number of amides is 1. The second kappa shape index (κ2) is 8.39. The zero-order chi connectivity index (χ0) is 19.4. The summed E-state index contributed by atoms with van der Waals surface area (Å²) in [4.78, 5) is 26.8. The minimum Gasteiger partial charge on any atom is -0.466 e. The van der Waals surface area contributed by atoms with Crippen molar-refractivity contribution in [3.05, 3.63) is 30.3 Å². The molecule has 2 aliphatic rings. The van der Waals surface area contributed by atoms with E-state index in [0.717, 1.165) is 0 Å². The van der Waals surface area contributed by atoms with E-state index < -0.39 is 16.1 Å². The molecule has 27 heavy (non-hydrogen) atoms. The monoisotopic (exact) mass is 394 g/mol. The van der Waals surface area contributed by atoms with E-state index >= 15 is 0 Å². The van der Waals surface area contributed by atoms with Gasteiger partial charge in [-0.2, -0.15) is 4.31 Å². The lowest BCUT2D eigenvalue weighted by atomic mass is 9.96. The Morgan fingerprint density at radius 2 is 1.74 bits per heavy atom. The molecule has 0 saturated carbocycles. The van der Waals surface area contributed by atoms with Gasteiger partial charge < -0.3 is 9.64 Å². The number of carbonyl (C=O) groups excluding carboxylic acids is 2. The molecule has 0 N–H and O–H groups in total. The molecule has 2 heterocycles. The summed E-state index contributed by atoms with van der Waals surface area (Å²) < 4.78 is 32.3. The Morgan fingerprint density at radius 1 is 1.07 bits per heavy atom. The first-order valence-corrected chi connectivity index (χ1v) is 10.9. The van der Waals surface area contributed by atoms with Gasteiger partial charge in [-0.3, -0.25) is 9.59 Å². The predicted octanol–water partition coefficient (Wildman–Crippen LogP) is 1.64. The van der Waals surface area contributed by atoms with Crippen LogP contribution in [0.25, 0.3) is 0 Å². The van der Waals surface area contributed by atoms with Crippen molar-refractivity contribution in [3.8, 4) is 0 Å². The highest BCUT2D eigenvalue weighted by atomic mass is 32.2. The summed E-state index contributed by atoms with van der Waals surface area (Å²) in [5, 5.41) is 0. The first-order chi connectivity index (χ1) is 12.9. The number of hydrogen-bond acceptors (Lipinski definition) is 5. The van der Waals surface area contributed by atoms with Gasteiger partial charge >= 0.3 is 5.97 Å². The molecule has 1 unspecified atom stereocenters. The van der Waals surface area contributed by atoms with Crippen LogP contribution in [0.3, 0.4) is 0 Å². The largest absolute Gasteiger partial charge is 0.466 e. The molecule has 0 bridgehead atoms. The average Bonchev–Trinajstić information content (AvgIpc) is 3.19. The molecule has 0 aromatic heterocycles. The minimum absolute atomic E-state index is 0.158. The SMILES string of the molecule is CCOC(=O)C1CCN(C(=O)C2CCCN2S(=O)(=O)c2ccccc2)CC1. The van der Waals surface area contributed by atoms with Crippen LogP contribution in [0.1, 0.15) is 32.6 Å². The van der Waals surface area contributed by atoms with Crippen molar-refractivity contribution >= 4 is 21.9 Å². The van der Waals surface area contributed by atoms with Gasteiger partial charge in [0.25, 0.3) is 0 Å². The molecule has 1 aromatic rings. The summed E-state index contributed by atoms with van der Waals surface area (Å²) >= 11 is 0. The molecular weight excluding hydrogens is 368 g/mol. The molecule has 148 valence electrons. The van der Waals surface area contributed by atoms with E-state index in [0.29, 0.717) is 51.9 Å². The van der Waals surface area contributed by atoms with E-state index in [1.165, 1.54) is 4.31 Å². The summed E-state index contributed by atoms with van der Waals surface area (Å²) in [5.41, 5.74) is 0. The van der Waals surface area contributed by atoms with Crippen LogP contribution in [0.15, 0.2) is 35.2 Å². The minimum atomic E-state index is -3.69. The number of piperidine rings is 1. The standard InChI is InChI=1S/C19H26N2O5S/c1-2-26-19(23)15-10-13-20(14-11-15)18(22)17-9-6-12-21(17)27(24,25)16-7-4-3-5-8-16/h3-5,7-8,15,17H,2,6,9-14H2,1H3. The number of esters is 1. The van der Waals surface area contributed by atoms with Gasteiger partial charge in [-0.25, -0.2) is 8.42 Å². The van der Waals surface area contributed by atoms with Crippen molar-refractivity contribution in [2.75, 3.05) is 26.2 Å². The lowest BCUT2D eigenvalue weighted by Crippen LogP contribution is -2.50. The van der Waals surface area contributed by atoms with E-state index in [1.54, 1.807) is 42.2 Å². The highest BCUT2D eigenvalue weighted by Crippen LogP contribution is 2.28. The third-order valence-corrected chi connectivity index (χ3v) is 7.19. The van der Waals surface area contributed by atoms with Gasteiger partial charge in [0.05, 0.1) is 17.4 Å². The van der Waals surface area contributed by atoms with Gasteiger partial charge in [-0.1, -0.05) is 18.2 Å². The fourth-order valence-corrected chi connectivity index (χ4v) is 5.48. The molecule has 7 nitrogen and oxygen atoms in total. The van der Waals surface area contributed by atoms with Crippen LogP contribution in [0, 0.1) is 5.92 Å². The molecular formula is C19H26N2O5S. The van der Waals surface area contributed by atoms with Gasteiger partial charge in [0, 0.05) is 19.6 Å². The molecule has 3 rings (SSSR count). The second-order valence-corrected chi connectivity index (χ2v) is 8.83. The average molecular weight is 394 g/mol. The lowest BCUT2D eigenvalue weighted by molar-refractivity contribution is -0.151. The Morgan fingerprint density at radius 3 is 2.37 bits per heavy atom. The van der Waals surface area contributed by atoms with E-state index in [1.807, 2.05) is 0 Å². The molecule has 1 amide bonds. The third kappa shape index (κ3) is 4.16. The van der Waals surface area contributed by atoms with Gasteiger partial charge in [0.2, 0.25) is 15.9 Å². The predicted molar refractivity (Wildman–Crippen MR) is 99.3 cm³/mol. The third-order valence-electron chi connectivity index (χ3n) is 5.27. The van der Waals surface area contributed by atoms with Crippen LogP contribution in [0.2, 0.25) is 0 Å². The van der Waals surface area contributed by atoms with Gasteiger partial charge in [0.15, 0.2) is 0 Å². The first-order valence-electron chi connectivity index (χ1n) is 9.47. The molecule has 1 aromatic carbocycles. The van der Waals surface area contributed by atoms with Crippen molar-refractivity contribution < 1.29 is 22.7 Å². The fourth-order valence-electron chi connectivity index (χ4n) is 3.81. The highest BCUT2D eigenvalue weighted by Gasteiger charge is 2.42. The highest BCUT2D eigenvalue weighted by molar-refractivity contribution is 7.89. The molecule has 2 fully saturated rings. The Hall–Kier alpha value is -1.93. The number of rotatable bonds is 5. The summed E-state index contributed by atoms with van der Waals surface area (Å²) in [5.74, 6) is -0.546. The summed E-state index contributed by atoms with van der Waals surface area (Å²) in [6, 6.07) is 7.58. The maximum absolute atomic E-state index is 13.0. The van der Waals surface area contributed by atoms with Crippen molar-refractivity contribution in [2.24, 2.45) is 5.92 Å². The molecule has 2 aliphatic heterocycles. The Balaban J connectivity index is 1.67. The van der Waals surface area contributed by atoms with Crippen LogP contribution in [0.4, 0.5) is 0 Å². The number of benzene rings is 1. The normalized spacial score (nSPS) is 22.0. The molecule has 0 radical (unpaired) electrons. The number of ether oxygens (including phenoxy) is 1. The summed E-state index contributed by atoms with van der Waals surface area (Å²) in [6.45, 7) is 3.40. The second-order valence-electron chi connectivity index (χ2n) is 6.94. The van der Waals surface area contributed by atoms with E-state index in [9.17, 15) is 18.0 Å². The van der Waals surface area contributed by atoms with Crippen LogP contribution in [0.5, 0.6) is 0 Å². The van der Waals surface area contributed by atoms with Crippen LogP contribution >= 0.6 is 0 Å². The molecule has 1 atom stereocenters. The maximum atomic E-state index is 13.0. The van der Waals surface area contributed by atoms with Crippen LogP contribution in [-0.2, 0) is 24.3 Å². The van der Waals surface area contributed by atoms with E-state index in [2.05, 4.69) is 0 Å². The maximum Gasteiger partial charge on any atom is 0.309 e. The smallest absolute Gasteiger partial charge is 0.309 e. The van der Waals surface area contributed by atoms with Gasteiger partial charge in [-0.15, -0.1) is 0 Å². The zero-order valence-electron chi connectivity index (χ0n) is 15.5.